The summed E-state index contributed by atoms with van der Waals surface area (Å²) in [4.78, 5) is 32.5. The second kappa shape index (κ2) is 9.33. The molecule has 0 saturated heterocycles. The van der Waals surface area contributed by atoms with Crippen molar-refractivity contribution in [3.8, 4) is 0 Å². The Balaban J connectivity index is 2.12. The van der Waals surface area contributed by atoms with E-state index in [9.17, 15) is 18.4 Å². The van der Waals surface area contributed by atoms with E-state index >= 15 is 0 Å². The van der Waals surface area contributed by atoms with Crippen molar-refractivity contribution < 1.29 is 18.4 Å². The molecular formula is C19H18F2N4O2. The minimum Gasteiger partial charge on any atom is -0.347 e. The fourth-order valence-corrected chi connectivity index (χ4v) is 2.28. The van der Waals surface area contributed by atoms with Gasteiger partial charge in [0.25, 0.3) is 11.8 Å². The highest BCUT2D eigenvalue weighted by Gasteiger charge is 2.22. The lowest BCUT2D eigenvalue weighted by Crippen LogP contribution is -2.38. The molecule has 0 saturated carbocycles. The number of amides is 2. The van der Waals surface area contributed by atoms with Crippen LogP contribution in [0.25, 0.3) is 0 Å². The predicted octanol–water partition coefficient (Wildman–Crippen LogP) is 2.38. The van der Waals surface area contributed by atoms with Gasteiger partial charge in [0.05, 0.1) is 5.70 Å². The highest BCUT2D eigenvalue weighted by atomic mass is 19.1. The quantitative estimate of drug-likeness (QED) is 0.764. The average Bonchev–Trinajstić information content (AvgIpc) is 2.66. The van der Waals surface area contributed by atoms with Crippen molar-refractivity contribution in [1.82, 2.24) is 15.6 Å². The standard InChI is InChI=1S/C19H18F2N4O2/c1-3-15(25-18(26)16-13(20)7-4-8-14(16)21)17(22-2)19(27)24-11-12-6-5-9-23-10-12/h3-10H,11H2,1-2H3,(H,24,27)(H,25,26)/b15-3+,22-17+. The maximum atomic E-state index is 13.8. The molecular weight excluding hydrogens is 354 g/mol. The van der Waals surface area contributed by atoms with Gasteiger partial charge in [-0.05, 0) is 30.7 Å². The van der Waals surface area contributed by atoms with E-state index < -0.39 is 29.0 Å². The summed E-state index contributed by atoms with van der Waals surface area (Å²) < 4.78 is 27.5. The van der Waals surface area contributed by atoms with Crippen LogP contribution in [0, 0.1) is 11.6 Å². The van der Waals surface area contributed by atoms with Gasteiger partial charge in [-0.15, -0.1) is 0 Å². The van der Waals surface area contributed by atoms with Gasteiger partial charge in [-0.2, -0.15) is 0 Å². The molecule has 2 N–H and O–H groups in total. The molecule has 27 heavy (non-hydrogen) atoms. The SMILES string of the molecule is C/C=C(NC(=O)c1c(F)cccc1F)\C(=N/C)C(=O)NCc1cccnc1. The summed E-state index contributed by atoms with van der Waals surface area (Å²) in [5.74, 6) is -3.57. The Hall–Kier alpha value is -3.42. The molecule has 0 aliphatic carbocycles. The smallest absolute Gasteiger partial charge is 0.271 e. The van der Waals surface area contributed by atoms with E-state index in [-0.39, 0.29) is 18.0 Å². The number of carbonyl (C=O) groups excluding carboxylic acids is 2. The molecule has 0 radical (unpaired) electrons. The van der Waals surface area contributed by atoms with Crippen molar-refractivity contribution in [2.75, 3.05) is 7.05 Å². The lowest BCUT2D eigenvalue weighted by molar-refractivity contribution is -0.114. The zero-order valence-corrected chi connectivity index (χ0v) is 14.8. The fraction of sp³-hybridized carbons (Fsp3) is 0.158. The van der Waals surface area contributed by atoms with Crippen molar-refractivity contribution >= 4 is 17.5 Å². The first kappa shape index (κ1) is 19.9. The highest BCUT2D eigenvalue weighted by molar-refractivity contribution is 6.45. The third-order valence-electron chi connectivity index (χ3n) is 3.60. The maximum absolute atomic E-state index is 13.8. The fourth-order valence-electron chi connectivity index (χ4n) is 2.28. The van der Waals surface area contributed by atoms with Gasteiger partial charge < -0.3 is 10.6 Å². The van der Waals surface area contributed by atoms with Crippen LogP contribution in [0.3, 0.4) is 0 Å². The molecule has 0 unspecified atom stereocenters. The molecule has 8 heteroatoms. The van der Waals surface area contributed by atoms with Gasteiger partial charge in [-0.25, -0.2) is 8.78 Å². The molecule has 0 spiro atoms. The number of aromatic nitrogens is 1. The molecule has 2 aromatic rings. The van der Waals surface area contributed by atoms with Crippen LogP contribution in [0.4, 0.5) is 8.78 Å². The second-order valence-corrected chi connectivity index (χ2v) is 5.37. The minimum atomic E-state index is -1.01. The van der Waals surface area contributed by atoms with Crippen molar-refractivity contribution in [2.24, 2.45) is 4.99 Å². The first-order valence-electron chi connectivity index (χ1n) is 8.03. The zero-order chi connectivity index (χ0) is 19.8. The van der Waals surface area contributed by atoms with E-state index in [4.69, 9.17) is 0 Å². The van der Waals surface area contributed by atoms with Crippen LogP contribution in [0.2, 0.25) is 0 Å². The van der Waals surface area contributed by atoms with Crippen LogP contribution in [-0.4, -0.2) is 29.6 Å². The zero-order valence-electron chi connectivity index (χ0n) is 14.8. The Morgan fingerprint density at radius 2 is 1.89 bits per heavy atom. The van der Waals surface area contributed by atoms with Crippen molar-refractivity contribution in [3.05, 3.63) is 77.3 Å². The Morgan fingerprint density at radius 1 is 1.19 bits per heavy atom. The Kier molecular flexibility index (Phi) is 6.87. The molecule has 1 aromatic carbocycles. The molecule has 0 fully saturated rings. The van der Waals surface area contributed by atoms with Gasteiger partial charge in [0.1, 0.15) is 22.9 Å². The first-order chi connectivity index (χ1) is 13.0. The van der Waals surface area contributed by atoms with Crippen LogP contribution >= 0.6 is 0 Å². The number of hydrogen-bond acceptors (Lipinski definition) is 4. The van der Waals surface area contributed by atoms with E-state index in [2.05, 4.69) is 20.6 Å². The normalized spacial score (nSPS) is 11.9. The van der Waals surface area contributed by atoms with E-state index in [1.54, 1.807) is 31.5 Å². The Bertz CT molecular complexity index is 876. The van der Waals surface area contributed by atoms with Gasteiger partial charge >= 0.3 is 0 Å². The summed E-state index contributed by atoms with van der Waals surface area (Å²) in [5, 5.41) is 4.98. The van der Waals surface area contributed by atoms with Gasteiger partial charge in [0.15, 0.2) is 0 Å². The first-order valence-corrected chi connectivity index (χ1v) is 8.03. The molecule has 140 valence electrons. The third kappa shape index (κ3) is 5.04. The summed E-state index contributed by atoms with van der Waals surface area (Å²) in [6.45, 7) is 1.77. The molecule has 0 atom stereocenters. The van der Waals surface area contributed by atoms with E-state index in [0.29, 0.717) is 0 Å². The van der Waals surface area contributed by atoms with Gasteiger partial charge in [-0.1, -0.05) is 18.2 Å². The van der Waals surface area contributed by atoms with Crippen LogP contribution in [0.5, 0.6) is 0 Å². The summed E-state index contributed by atoms with van der Waals surface area (Å²) >= 11 is 0. The monoisotopic (exact) mass is 372 g/mol. The predicted molar refractivity (Wildman–Crippen MR) is 97.0 cm³/mol. The third-order valence-corrected chi connectivity index (χ3v) is 3.60. The molecule has 1 heterocycles. The number of halogens is 2. The van der Waals surface area contributed by atoms with Gasteiger partial charge in [0, 0.05) is 26.0 Å². The number of nitrogens with zero attached hydrogens (tertiary/aromatic N) is 2. The number of allylic oxidation sites excluding steroid dienone is 1. The topological polar surface area (TPSA) is 83.5 Å². The molecule has 2 rings (SSSR count). The summed E-state index contributed by atoms with van der Waals surface area (Å²) in [7, 11) is 1.37. The number of nitrogens with one attached hydrogen (secondary N) is 2. The van der Waals surface area contributed by atoms with Crippen molar-refractivity contribution in [3.63, 3.8) is 0 Å². The van der Waals surface area contributed by atoms with Crippen LogP contribution in [0.15, 0.2) is 59.5 Å². The number of carbonyl (C=O) groups is 2. The van der Waals surface area contributed by atoms with E-state index in [1.165, 1.54) is 13.1 Å². The Labute approximate surface area is 155 Å². The van der Waals surface area contributed by atoms with E-state index in [1.807, 2.05) is 0 Å². The molecule has 0 aliphatic heterocycles. The number of aliphatic imine (C=N–C) groups is 1. The average molecular weight is 372 g/mol. The minimum absolute atomic E-state index is 0.0360. The summed E-state index contributed by atoms with van der Waals surface area (Å²) in [5.41, 5.74) is 0.00388. The molecule has 0 bridgehead atoms. The summed E-state index contributed by atoms with van der Waals surface area (Å²) in [6.07, 6.45) is 4.63. The van der Waals surface area contributed by atoms with Gasteiger partial charge in [0.2, 0.25) is 0 Å². The maximum Gasteiger partial charge on any atom is 0.271 e. The number of pyridine rings is 1. The second-order valence-electron chi connectivity index (χ2n) is 5.37. The van der Waals surface area contributed by atoms with E-state index in [0.717, 1.165) is 23.8 Å². The van der Waals surface area contributed by atoms with Crippen molar-refractivity contribution in [1.29, 1.82) is 0 Å². The number of rotatable bonds is 6. The molecule has 2 amide bonds. The van der Waals surface area contributed by atoms with Crippen LogP contribution < -0.4 is 10.6 Å². The summed E-state index contributed by atoms with van der Waals surface area (Å²) in [6, 6.07) is 6.63. The van der Waals surface area contributed by atoms with Crippen molar-refractivity contribution in [2.45, 2.75) is 13.5 Å². The lowest BCUT2D eigenvalue weighted by atomic mass is 10.1. The largest absolute Gasteiger partial charge is 0.347 e. The molecule has 6 nitrogen and oxygen atoms in total. The Morgan fingerprint density at radius 3 is 2.44 bits per heavy atom. The lowest BCUT2D eigenvalue weighted by Gasteiger charge is -2.13. The number of benzene rings is 1. The van der Waals surface area contributed by atoms with Crippen LogP contribution in [0.1, 0.15) is 22.8 Å². The van der Waals surface area contributed by atoms with Gasteiger partial charge in [-0.3, -0.25) is 19.6 Å². The number of hydrogen-bond donors (Lipinski definition) is 2. The van der Waals surface area contributed by atoms with Crippen LogP contribution in [-0.2, 0) is 11.3 Å². The molecule has 0 aliphatic rings. The molecule has 1 aromatic heterocycles. The highest BCUT2D eigenvalue weighted by Crippen LogP contribution is 2.12.